The topological polar surface area (TPSA) is 61.9 Å². The van der Waals surface area contributed by atoms with Gasteiger partial charge >= 0.3 is 0 Å². The van der Waals surface area contributed by atoms with E-state index >= 15 is 0 Å². The summed E-state index contributed by atoms with van der Waals surface area (Å²) in [4.78, 5) is 18.7. The van der Waals surface area contributed by atoms with Gasteiger partial charge in [0, 0.05) is 30.1 Å². The molecule has 3 aromatic rings. The monoisotopic (exact) mass is 336 g/mol. The van der Waals surface area contributed by atoms with E-state index < -0.39 is 5.82 Å². The van der Waals surface area contributed by atoms with Crippen LogP contribution in [0.15, 0.2) is 55.0 Å². The molecule has 4 rings (SSSR count). The van der Waals surface area contributed by atoms with Gasteiger partial charge in [-0.3, -0.25) is 14.9 Å². The number of amides is 1. The summed E-state index contributed by atoms with van der Waals surface area (Å²) in [6.45, 7) is 0.648. The van der Waals surface area contributed by atoms with Gasteiger partial charge in [0.15, 0.2) is 0 Å². The number of carbonyl (C=O) groups excluding carboxylic acids is 1. The second kappa shape index (κ2) is 6.47. The van der Waals surface area contributed by atoms with Gasteiger partial charge in [-0.2, -0.15) is 5.10 Å². The third kappa shape index (κ3) is 2.91. The van der Waals surface area contributed by atoms with Crippen molar-refractivity contribution >= 4 is 5.91 Å². The lowest BCUT2D eigenvalue weighted by atomic mass is 10.0. The zero-order valence-electron chi connectivity index (χ0n) is 13.5. The first-order chi connectivity index (χ1) is 12.2. The Hall–Kier alpha value is -3.02. The van der Waals surface area contributed by atoms with Gasteiger partial charge in [-0.1, -0.05) is 6.07 Å². The SMILES string of the molecule is O=C(c1cccc(F)c1)N1CCC[C@@H]1c1[nH]ncc1-c1ccncc1. The van der Waals surface area contributed by atoms with Gasteiger partial charge < -0.3 is 4.90 Å². The molecule has 1 fully saturated rings. The number of carbonyl (C=O) groups is 1. The Balaban J connectivity index is 1.67. The van der Waals surface area contributed by atoms with Crippen LogP contribution in [0.5, 0.6) is 0 Å². The lowest BCUT2D eigenvalue weighted by Gasteiger charge is -2.25. The number of hydrogen-bond acceptors (Lipinski definition) is 3. The fourth-order valence-corrected chi connectivity index (χ4v) is 3.41. The molecule has 1 atom stereocenters. The number of rotatable bonds is 3. The van der Waals surface area contributed by atoms with E-state index in [2.05, 4.69) is 15.2 Å². The van der Waals surface area contributed by atoms with E-state index in [-0.39, 0.29) is 11.9 Å². The van der Waals surface area contributed by atoms with E-state index in [1.165, 1.54) is 12.1 Å². The van der Waals surface area contributed by atoms with Gasteiger partial charge in [-0.25, -0.2) is 4.39 Å². The maximum absolute atomic E-state index is 13.5. The van der Waals surface area contributed by atoms with Crippen molar-refractivity contribution in [3.63, 3.8) is 0 Å². The van der Waals surface area contributed by atoms with Crippen molar-refractivity contribution in [1.82, 2.24) is 20.1 Å². The normalized spacial score (nSPS) is 17.0. The van der Waals surface area contributed by atoms with Crippen molar-refractivity contribution < 1.29 is 9.18 Å². The lowest BCUT2D eigenvalue weighted by molar-refractivity contribution is 0.0733. The van der Waals surface area contributed by atoms with Crippen LogP contribution in [0.3, 0.4) is 0 Å². The van der Waals surface area contributed by atoms with Crippen molar-refractivity contribution in [3.8, 4) is 11.1 Å². The van der Waals surface area contributed by atoms with Crippen molar-refractivity contribution in [1.29, 1.82) is 0 Å². The van der Waals surface area contributed by atoms with Gasteiger partial charge in [0.2, 0.25) is 0 Å². The second-order valence-corrected chi connectivity index (χ2v) is 6.10. The van der Waals surface area contributed by atoms with Crippen LogP contribution in [-0.4, -0.2) is 32.5 Å². The Morgan fingerprint density at radius 3 is 2.88 bits per heavy atom. The number of nitrogens with zero attached hydrogens (tertiary/aromatic N) is 3. The van der Waals surface area contributed by atoms with Gasteiger partial charge in [-0.05, 0) is 48.7 Å². The number of nitrogens with one attached hydrogen (secondary N) is 1. The lowest BCUT2D eigenvalue weighted by Crippen LogP contribution is -2.31. The molecule has 0 aliphatic carbocycles. The smallest absolute Gasteiger partial charge is 0.254 e. The van der Waals surface area contributed by atoms with E-state index in [0.29, 0.717) is 12.1 Å². The fourth-order valence-electron chi connectivity index (χ4n) is 3.41. The van der Waals surface area contributed by atoms with E-state index in [0.717, 1.165) is 29.7 Å². The molecule has 0 bridgehead atoms. The number of aromatic amines is 1. The van der Waals surface area contributed by atoms with Gasteiger partial charge in [0.05, 0.1) is 17.9 Å². The molecule has 0 spiro atoms. The van der Waals surface area contributed by atoms with E-state index in [9.17, 15) is 9.18 Å². The highest BCUT2D eigenvalue weighted by Crippen LogP contribution is 2.37. The summed E-state index contributed by atoms with van der Waals surface area (Å²) in [6, 6.07) is 9.58. The molecule has 126 valence electrons. The zero-order valence-corrected chi connectivity index (χ0v) is 13.5. The van der Waals surface area contributed by atoms with E-state index in [1.807, 2.05) is 12.1 Å². The molecule has 1 amide bonds. The largest absolute Gasteiger partial charge is 0.330 e. The summed E-state index contributed by atoms with van der Waals surface area (Å²) in [7, 11) is 0. The Kier molecular flexibility index (Phi) is 4.01. The molecular formula is C19H17FN4O. The summed E-state index contributed by atoms with van der Waals surface area (Å²) in [5.74, 6) is -0.558. The fraction of sp³-hybridized carbons (Fsp3) is 0.211. The summed E-state index contributed by atoms with van der Waals surface area (Å²) < 4.78 is 13.5. The molecule has 1 aromatic carbocycles. The molecule has 6 heteroatoms. The van der Waals surface area contributed by atoms with Crippen molar-refractivity contribution in [2.75, 3.05) is 6.54 Å². The minimum atomic E-state index is -0.402. The number of hydrogen-bond donors (Lipinski definition) is 1. The number of aromatic nitrogens is 3. The molecule has 1 aliphatic rings. The number of H-pyrrole nitrogens is 1. The number of pyridine rings is 1. The maximum atomic E-state index is 13.5. The molecule has 1 aliphatic heterocycles. The first kappa shape index (κ1) is 15.5. The Labute approximate surface area is 144 Å². The molecule has 1 N–H and O–H groups in total. The quantitative estimate of drug-likeness (QED) is 0.795. The molecule has 0 unspecified atom stereocenters. The van der Waals surface area contributed by atoms with Crippen LogP contribution in [0, 0.1) is 5.82 Å². The third-order valence-electron chi connectivity index (χ3n) is 4.58. The predicted octanol–water partition coefficient (Wildman–Crippen LogP) is 3.59. The predicted molar refractivity (Wildman–Crippen MR) is 91.2 cm³/mol. The second-order valence-electron chi connectivity index (χ2n) is 6.10. The summed E-state index contributed by atoms with van der Waals surface area (Å²) in [5.41, 5.74) is 3.25. The van der Waals surface area contributed by atoms with Crippen LogP contribution in [-0.2, 0) is 0 Å². The Morgan fingerprint density at radius 2 is 2.08 bits per heavy atom. The first-order valence-electron chi connectivity index (χ1n) is 8.24. The zero-order chi connectivity index (χ0) is 17.2. The summed E-state index contributed by atoms with van der Waals surface area (Å²) >= 11 is 0. The highest BCUT2D eigenvalue weighted by molar-refractivity contribution is 5.94. The average Bonchev–Trinajstić information content (AvgIpc) is 3.30. The standard InChI is InChI=1S/C19H17FN4O/c20-15-4-1-3-14(11-15)19(25)24-10-2-5-17(24)18-16(12-22-23-18)13-6-8-21-9-7-13/h1,3-4,6-9,11-12,17H,2,5,10H2,(H,22,23)/t17-/m1/s1. The first-order valence-corrected chi connectivity index (χ1v) is 8.24. The number of likely N-dealkylation sites (tertiary alicyclic amines) is 1. The Bertz CT molecular complexity index is 893. The molecule has 1 saturated heterocycles. The third-order valence-corrected chi connectivity index (χ3v) is 4.58. The highest BCUT2D eigenvalue weighted by Gasteiger charge is 2.33. The molecule has 25 heavy (non-hydrogen) atoms. The van der Waals surface area contributed by atoms with Crippen LogP contribution in [0.2, 0.25) is 0 Å². The molecule has 0 radical (unpaired) electrons. The van der Waals surface area contributed by atoms with Gasteiger partial charge in [0.1, 0.15) is 5.82 Å². The molecular weight excluding hydrogens is 319 g/mol. The van der Waals surface area contributed by atoms with Crippen molar-refractivity contribution in [2.24, 2.45) is 0 Å². The minimum Gasteiger partial charge on any atom is -0.330 e. The van der Waals surface area contributed by atoms with Gasteiger partial charge in [0.25, 0.3) is 5.91 Å². The van der Waals surface area contributed by atoms with E-state index in [4.69, 9.17) is 0 Å². The van der Waals surface area contributed by atoms with E-state index in [1.54, 1.807) is 35.6 Å². The summed E-state index contributed by atoms with van der Waals surface area (Å²) in [6.07, 6.45) is 6.99. The van der Waals surface area contributed by atoms with Crippen molar-refractivity contribution in [3.05, 3.63) is 72.1 Å². The van der Waals surface area contributed by atoms with Crippen LogP contribution in [0.4, 0.5) is 4.39 Å². The maximum Gasteiger partial charge on any atom is 0.254 e. The average molecular weight is 336 g/mol. The molecule has 5 nitrogen and oxygen atoms in total. The highest BCUT2D eigenvalue weighted by atomic mass is 19.1. The number of halogens is 1. The van der Waals surface area contributed by atoms with Crippen LogP contribution in [0.1, 0.15) is 34.9 Å². The van der Waals surface area contributed by atoms with Gasteiger partial charge in [-0.15, -0.1) is 0 Å². The van der Waals surface area contributed by atoms with Crippen molar-refractivity contribution in [2.45, 2.75) is 18.9 Å². The van der Waals surface area contributed by atoms with Crippen LogP contribution < -0.4 is 0 Å². The van der Waals surface area contributed by atoms with Crippen LogP contribution in [0.25, 0.3) is 11.1 Å². The molecule has 2 aromatic heterocycles. The molecule has 3 heterocycles. The van der Waals surface area contributed by atoms with Crippen LogP contribution >= 0.6 is 0 Å². The summed E-state index contributed by atoms with van der Waals surface area (Å²) in [5, 5.41) is 7.24. The number of benzene rings is 1. The Morgan fingerprint density at radius 1 is 1.24 bits per heavy atom. The minimum absolute atomic E-state index is 0.0959. The molecule has 0 saturated carbocycles.